The van der Waals surface area contributed by atoms with Gasteiger partial charge in [-0.05, 0) is 11.1 Å². The maximum atomic E-state index is 10.8. The van der Waals surface area contributed by atoms with Crippen molar-refractivity contribution in [1.29, 1.82) is 0 Å². The Bertz CT molecular complexity index is 877. The molecule has 0 saturated heterocycles. The largest absolute Gasteiger partial charge is 0.387 e. The van der Waals surface area contributed by atoms with Crippen LogP contribution in [-0.2, 0) is 28.7 Å². The van der Waals surface area contributed by atoms with Crippen LogP contribution in [0.4, 0.5) is 0 Å². The zero-order chi connectivity index (χ0) is 24.2. The summed E-state index contributed by atoms with van der Waals surface area (Å²) in [6, 6.07) is 20.1. The van der Waals surface area contributed by atoms with Crippen LogP contribution >= 0.6 is 0 Å². The van der Waals surface area contributed by atoms with Crippen molar-refractivity contribution in [3.8, 4) is 0 Å². The summed E-state index contributed by atoms with van der Waals surface area (Å²) in [5, 5.41) is 0. The van der Waals surface area contributed by atoms with Crippen LogP contribution in [0.2, 0.25) is 0 Å². The van der Waals surface area contributed by atoms with Crippen LogP contribution < -0.4 is 0 Å². The number of ether oxygens (including phenoxy) is 2. The van der Waals surface area contributed by atoms with Crippen molar-refractivity contribution in [3.05, 3.63) is 122 Å². The summed E-state index contributed by atoms with van der Waals surface area (Å²) in [7, 11) is 0. The van der Waals surface area contributed by atoms with Crippen molar-refractivity contribution >= 4 is 36.0 Å². The Morgan fingerprint density at radius 2 is 0.844 bits per heavy atom. The lowest BCUT2D eigenvalue weighted by Crippen LogP contribution is -2.10. The number of carbonyl (C=O) groups is 4. The summed E-state index contributed by atoms with van der Waals surface area (Å²) in [5.74, 6) is -4.06. The highest BCUT2D eigenvalue weighted by molar-refractivity contribution is 6.01. The lowest BCUT2D eigenvalue weighted by Gasteiger charge is -1.94. The molecule has 6 heteroatoms. The summed E-state index contributed by atoms with van der Waals surface area (Å²) in [5.41, 5.74) is 2.35. The Morgan fingerprint density at radius 1 is 0.531 bits per heavy atom. The van der Waals surface area contributed by atoms with Gasteiger partial charge in [0.05, 0.1) is 0 Å². The van der Waals surface area contributed by atoms with Crippen LogP contribution in [-0.4, -0.2) is 23.9 Å². The second kappa shape index (κ2) is 17.3. The molecule has 0 amide bonds. The van der Waals surface area contributed by atoms with E-state index in [9.17, 15) is 19.2 Å². The highest BCUT2D eigenvalue weighted by atomic mass is 16.6. The second-order valence-electron chi connectivity index (χ2n) is 5.45. The van der Waals surface area contributed by atoms with Crippen molar-refractivity contribution in [1.82, 2.24) is 0 Å². The molecule has 0 aliphatic carbocycles. The number of hydrogen-bond donors (Lipinski definition) is 0. The lowest BCUT2D eigenvalue weighted by molar-refractivity contribution is -0.155. The molecule has 2 aromatic rings. The molecule has 0 unspecified atom stereocenters. The van der Waals surface area contributed by atoms with E-state index in [1.54, 1.807) is 0 Å². The molecule has 164 valence electrons. The zero-order valence-corrected chi connectivity index (χ0v) is 17.5. The minimum atomic E-state index is -1.08. The Kier molecular flexibility index (Phi) is 14.8. The molecule has 2 aromatic carbocycles. The molecular weight excluding hydrogens is 408 g/mol. The van der Waals surface area contributed by atoms with Gasteiger partial charge in [-0.15, -0.1) is 0 Å². The van der Waals surface area contributed by atoms with E-state index in [0.29, 0.717) is 12.2 Å². The quantitative estimate of drug-likeness (QED) is 0.373. The number of esters is 4. The third-order valence-electron chi connectivity index (χ3n) is 3.16. The molecule has 0 aromatic heterocycles. The third kappa shape index (κ3) is 14.4. The van der Waals surface area contributed by atoms with E-state index >= 15 is 0 Å². The van der Waals surface area contributed by atoms with Gasteiger partial charge in [-0.25, -0.2) is 19.2 Å². The van der Waals surface area contributed by atoms with Crippen LogP contribution in [0.3, 0.4) is 0 Å². The van der Waals surface area contributed by atoms with E-state index in [-0.39, 0.29) is 0 Å². The van der Waals surface area contributed by atoms with Crippen LogP contribution in [0.25, 0.3) is 12.2 Å². The first-order valence-electron chi connectivity index (χ1n) is 9.15. The smallest absolute Gasteiger partial charge is 0.338 e. The number of hydrogen-bond acceptors (Lipinski definition) is 6. The molecule has 32 heavy (non-hydrogen) atoms. The van der Waals surface area contributed by atoms with Gasteiger partial charge in [0.15, 0.2) is 0 Å². The average molecular weight is 432 g/mol. The van der Waals surface area contributed by atoms with Gasteiger partial charge in [0.1, 0.15) is 0 Å². The van der Waals surface area contributed by atoms with Crippen molar-refractivity contribution in [2.24, 2.45) is 0 Å². The number of benzene rings is 2. The Hall–Kier alpha value is -4.58. The van der Waals surface area contributed by atoms with Gasteiger partial charge in [0, 0.05) is 24.3 Å². The third-order valence-corrected chi connectivity index (χ3v) is 3.16. The molecule has 0 heterocycles. The summed E-state index contributed by atoms with van der Waals surface area (Å²) in [6.07, 6.45) is 6.51. The van der Waals surface area contributed by atoms with Crippen molar-refractivity contribution < 1.29 is 28.7 Å². The molecule has 0 fully saturated rings. The summed E-state index contributed by atoms with van der Waals surface area (Å²) >= 11 is 0. The molecule has 0 spiro atoms. The van der Waals surface area contributed by atoms with Crippen molar-refractivity contribution in [2.45, 2.75) is 0 Å². The monoisotopic (exact) mass is 432 g/mol. The molecule has 0 N–H and O–H groups in total. The topological polar surface area (TPSA) is 86.7 Å². The van der Waals surface area contributed by atoms with Gasteiger partial charge in [-0.3, -0.25) is 0 Å². The number of carbonyl (C=O) groups excluding carboxylic acids is 4. The first-order valence-corrected chi connectivity index (χ1v) is 9.15. The van der Waals surface area contributed by atoms with Crippen molar-refractivity contribution in [2.75, 3.05) is 0 Å². The minimum Gasteiger partial charge on any atom is -0.387 e. The standard InChI is InChI=1S/C10H8O6.2C8H8/c1-3-7(11)15-9(13)5-6-10(14)16-8(12)4-2;2*1-2-8-6-4-3-5-7-8/h3-6H,1-2H2;2*2-7H,1H2/b6-5-;;. The molecule has 0 radical (unpaired) electrons. The first kappa shape index (κ1) is 27.4. The highest BCUT2D eigenvalue weighted by Gasteiger charge is 2.06. The van der Waals surface area contributed by atoms with Crippen LogP contribution in [0.1, 0.15) is 11.1 Å². The Morgan fingerprint density at radius 3 is 1.06 bits per heavy atom. The van der Waals surface area contributed by atoms with E-state index in [1.165, 1.54) is 11.1 Å². The molecule has 0 aliphatic rings. The zero-order valence-electron chi connectivity index (χ0n) is 17.5. The van der Waals surface area contributed by atoms with Crippen LogP contribution in [0, 0.1) is 0 Å². The minimum absolute atomic E-state index is 0.639. The summed E-state index contributed by atoms with van der Waals surface area (Å²) in [4.78, 5) is 42.6. The molecule has 0 aliphatic heterocycles. The van der Waals surface area contributed by atoms with Gasteiger partial charge in [0.2, 0.25) is 0 Å². The highest BCUT2D eigenvalue weighted by Crippen LogP contribution is 1.98. The maximum absolute atomic E-state index is 10.8. The van der Waals surface area contributed by atoms with Gasteiger partial charge in [-0.1, -0.05) is 99.1 Å². The summed E-state index contributed by atoms with van der Waals surface area (Å²) in [6.45, 7) is 13.4. The van der Waals surface area contributed by atoms with Gasteiger partial charge < -0.3 is 9.47 Å². The second-order valence-corrected chi connectivity index (χ2v) is 5.45. The van der Waals surface area contributed by atoms with Gasteiger partial charge in [0.25, 0.3) is 0 Å². The fraction of sp³-hybridized carbons (Fsp3) is 0. The Balaban J connectivity index is 0.000000497. The molecule has 2 rings (SSSR count). The normalized spacial score (nSPS) is 8.88. The number of rotatable bonds is 6. The van der Waals surface area contributed by atoms with E-state index in [4.69, 9.17) is 0 Å². The van der Waals surface area contributed by atoms with E-state index in [1.807, 2.05) is 72.8 Å². The van der Waals surface area contributed by atoms with Gasteiger partial charge in [-0.2, -0.15) is 0 Å². The average Bonchev–Trinajstić information content (AvgIpc) is 2.84. The van der Waals surface area contributed by atoms with Crippen molar-refractivity contribution in [3.63, 3.8) is 0 Å². The molecule has 0 saturated carbocycles. The first-order chi connectivity index (χ1) is 15.4. The molecular formula is C26H24O6. The molecule has 6 nitrogen and oxygen atoms in total. The van der Waals surface area contributed by atoms with Crippen LogP contribution in [0.5, 0.6) is 0 Å². The molecule has 0 bridgehead atoms. The van der Waals surface area contributed by atoms with Crippen LogP contribution in [0.15, 0.2) is 111 Å². The predicted molar refractivity (Wildman–Crippen MR) is 125 cm³/mol. The van der Waals surface area contributed by atoms with Gasteiger partial charge >= 0.3 is 23.9 Å². The molecule has 0 atom stereocenters. The SMILES string of the molecule is C=CC(=O)OC(=O)/C=C\C(=O)OC(=O)C=C.C=Cc1ccccc1.C=Cc1ccccc1. The van der Waals surface area contributed by atoms with E-state index < -0.39 is 23.9 Å². The maximum Gasteiger partial charge on any atom is 0.338 e. The Labute approximate surface area is 187 Å². The van der Waals surface area contributed by atoms with E-state index in [2.05, 4.69) is 35.8 Å². The fourth-order valence-corrected chi connectivity index (χ4v) is 1.66. The predicted octanol–water partition coefficient (Wildman–Crippen LogP) is 4.71. The summed E-state index contributed by atoms with van der Waals surface area (Å²) < 4.78 is 8.17. The lowest BCUT2D eigenvalue weighted by atomic mass is 10.2. The fourth-order valence-electron chi connectivity index (χ4n) is 1.66. The van der Waals surface area contributed by atoms with E-state index in [0.717, 1.165) is 12.2 Å².